The van der Waals surface area contributed by atoms with E-state index in [0.29, 0.717) is 16.7 Å². The molecule has 0 radical (unpaired) electrons. The van der Waals surface area contributed by atoms with Crippen LogP contribution in [0, 0.1) is 0 Å². The van der Waals surface area contributed by atoms with E-state index in [0.717, 1.165) is 0 Å². The van der Waals surface area contributed by atoms with Crippen molar-refractivity contribution in [3.05, 3.63) is 53.9 Å². The number of para-hydroxylation sites is 1. The Morgan fingerprint density at radius 3 is 2.61 bits per heavy atom. The predicted octanol–water partition coefficient (Wildman–Crippen LogP) is 3.28. The van der Waals surface area contributed by atoms with Gasteiger partial charge in [0.15, 0.2) is 5.58 Å². The van der Waals surface area contributed by atoms with E-state index in [-0.39, 0.29) is 17.9 Å². The molecule has 0 bridgehead atoms. The van der Waals surface area contributed by atoms with Crippen molar-refractivity contribution in [2.24, 2.45) is 0 Å². The van der Waals surface area contributed by atoms with E-state index in [2.05, 4.69) is 4.98 Å². The van der Waals surface area contributed by atoms with E-state index in [1.54, 1.807) is 38.1 Å². The number of hydrogen-bond donors (Lipinski definition) is 3. The zero-order valence-electron chi connectivity index (χ0n) is 15.0. The Morgan fingerprint density at radius 2 is 1.93 bits per heavy atom. The normalized spacial score (nSPS) is 12.1. The van der Waals surface area contributed by atoms with Crippen LogP contribution in [0.3, 0.4) is 0 Å². The molecule has 3 N–H and O–H groups in total. The molecule has 28 heavy (non-hydrogen) atoms. The first-order valence-corrected chi connectivity index (χ1v) is 9.74. The largest absolute Gasteiger partial charge is 0.524 e. The molecular formula is C18H18NO8P. The lowest BCUT2D eigenvalue weighted by Crippen LogP contribution is -2.25. The van der Waals surface area contributed by atoms with Gasteiger partial charge in [-0.15, -0.1) is 0 Å². The number of nitrogens with one attached hydrogen (secondary N) is 1. The van der Waals surface area contributed by atoms with Crippen LogP contribution in [-0.2, 0) is 19.5 Å². The van der Waals surface area contributed by atoms with Crippen molar-refractivity contribution < 1.29 is 37.6 Å². The number of rotatable bonds is 6. The minimum Gasteiger partial charge on any atom is -0.463 e. The van der Waals surface area contributed by atoms with E-state index in [9.17, 15) is 14.2 Å². The second kappa shape index (κ2) is 7.27. The Bertz CT molecular complexity index is 1050. The maximum Gasteiger partial charge on any atom is 0.524 e. The molecule has 148 valence electrons. The van der Waals surface area contributed by atoms with Crippen LogP contribution in [-0.4, -0.2) is 26.7 Å². The van der Waals surface area contributed by atoms with E-state index < -0.39 is 25.2 Å². The first-order chi connectivity index (χ1) is 13.0. The molecule has 10 heteroatoms. The average Bonchev–Trinajstić information content (AvgIpc) is 3.14. The Labute approximate surface area is 159 Å². The molecule has 0 aliphatic carbocycles. The number of H-pyrrole nitrogens is 1. The first-order valence-electron chi connectivity index (χ1n) is 8.21. The lowest BCUT2D eigenvalue weighted by atomic mass is 9.81. The fourth-order valence-electron chi connectivity index (χ4n) is 2.84. The standard InChI is InChI=1S/C18H18NO8P/c1-18(2,11-5-3-4-6-14(11)27-28(22,23)24)10-16(20)26-17(21)13-9-15-12(19-13)7-8-25-15/h3-9,19H,10H2,1-2H3,(H2,22,23,24). The molecule has 0 aliphatic heterocycles. The van der Waals surface area contributed by atoms with Gasteiger partial charge in [0.2, 0.25) is 0 Å². The number of carbonyl (C=O) groups excluding carboxylic acids is 2. The number of ether oxygens (including phenoxy) is 1. The summed E-state index contributed by atoms with van der Waals surface area (Å²) in [7, 11) is -4.77. The molecule has 1 aromatic carbocycles. The molecule has 3 aromatic rings. The zero-order valence-corrected chi connectivity index (χ0v) is 15.9. The van der Waals surface area contributed by atoms with Crippen molar-refractivity contribution in [3.63, 3.8) is 0 Å². The fraction of sp³-hybridized carbons (Fsp3) is 0.222. The van der Waals surface area contributed by atoms with Gasteiger partial charge >= 0.3 is 19.8 Å². The van der Waals surface area contributed by atoms with E-state index >= 15 is 0 Å². The SMILES string of the molecule is CC(C)(CC(=O)OC(=O)c1cc2occc2[nH]1)c1ccccc1OP(=O)(O)O. The van der Waals surface area contributed by atoms with Crippen molar-refractivity contribution in [3.8, 4) is 5.75 Å². The number of esters is 2. The van der Waals surface area contributed by atoms with E-state index in [4.69, 9.17) is 23.5 Å². The van der Waals surface area contributed by atoms with Gasteiger partial charge in [-0.1, -0.05) is 32.0 Å². The molecule has 2 aromatic heterocycles. The number of fused-ring (bicyclic) bond motifs is 1. The summed E-state index contributed by atoms with van der Waals surface area (Å²) in [6.45, 7) is 3.34. The molecule has 0 atom stereocenters. The van der Waals surface area contributed by atoms with Gasteiger partial charge in [-0.2, -0.15) is 0 Å². The van der Waals surface area contributed by atoms with Crippen LogP contribution < -0.4 is 4.52 Å². The quantitative estimate of drug-likeness (QED) is 0.321. The van der Waals surface area contributed by atoms with Crippen LogP contribution in [0.2, 0.25) is 0 Å². The number of aromatic nitrogens is 1. The maximum absolute atomic E-state index is 12.3. The Morgan fingerprint density at radius 1 is 1.21 bits per heavy atom. The monoisotopic (exact) mass is 407 g/mol. The molecule has 0 saturated carbocycles. The van der Waals surface area contributed by atoms with Crippen LogP contribution in [0.1, 0.15) is 36.3 Å². The van der Waals surface area contributed by atoms with E-state index in [1.165, 1.54) is 18.4 Å². The second-order valence-electron chi connectivity index (χ2n) is 6.78. The highest BCUT2D eigenvalue weighted by atomic mass is 31.2. The highest BCUT2D eigenvalue weighted by molar-refractivity contribution is 7.46. The van der Waals surface area contributed by atoms with Crippen molar-refractivity contribution in [2.45, 2.75) is 25.7 Å². The lowest BCUT2D eigenvalue weighted by Gasteiger charge is -2.26. The molecule has 0 unspecified atom stereocenters. The number of hydrogen-bond acceptors (Lipinski definition) is 6. The Hall–Kier alpha value is -2.87. The van der Waals surface area contributed by atoms with Gasteiger partial charge in [-0.25, -0.2) is 9.36 Å². The van der Waals surface area contributed by atoms with Gasteiger partial charge in [0.1, 0.15) is 11.4 Å². The van der Waals surface area contributed by atoms with Gasteiger partial charge in [0.05, 0.1) is 18.2 Å². The Kier molecular flexibility index (Phi) is 5.16. The summed E-state index contributed by atoms with van der Waals surface area (Å²) in [5, 5.41) is 0. The molecule has 3 rings (SSSR count). The third-order valence-electron chi connectivity index (χ3n) is 4.09. The highest BCUT2D eigenvalue weighted by Crippen LogP contribution is 2.43. The van der Waals surface area contributed by atoms with Gasteiger partial charge in [0.25, 0.3) is 0 Å². The molecule has 2 heterocycles. The summed E-state index contributed by atoms with van der Waals surface area (Å²) in [6, 6.07) is 9.23. The molecule has 0 spiro atoms. The van der Waals surface area contributed by atoms with Gasteiger partial charge in [-0.3, -0.25) is 14.6 Å². The van der Waals surface area contributed by atoms with Crippen LogP contribution in [0.5, 0.6) is 5.75 Å². The van der Waals surface area contributed by atoms with Crippen molar-refractivity contribution in [2.75, 3.05) is 0 Å². The fourth-order valence-corrected chi connectivity index (χ4v) is 3.26. The minimum absolute atomic E-state index is 0.0512. The van der Waals surface area contributed by atoms with Crippen LogP contribution >= 0.6 is 7.82 Å². The summed E-state index contributed by atoms with van der Waals surface area (Å²) in [5.74, 6) is -1.70. The smallest absolute Gasteiger partial charge is 0.463 e. The summed E-state index contributed by atoms with van der Waals surface area (Å²) in [6.07, 6.45) is 1.23. The first kappa shape index (κ1) is 19.9. The molecule has 0 saturated heterocycles. The Balaban J connectivity index is 1.73. The molecular weight excluding hydrogens is 389 g/mol. The minimum atomic E-state index is -4.77. The average molecular weight is 407 g/mol. The highest BCUT2D eigenvalue weighted by Gasteiger charge is 2.31. The van der Waals surface area contributed by atoms with Crippen molar-refractivity contribution >= 4 is 30.9 Å². The second-order valence-corrected chi connectivity index (χ2v) is 7.95. The van der Waals surface area contributed by atoms with Gasteiger partial charge in [-0.05, 0) is 6.07 Å². The molecule has 9 nitrogen and oxygen atoms in total. The molecule has 0 aliphatic rings. The molecule has 0 fully saturated rings. The molecule has 0 amide bonds. The number of benzene rings is 1. The summed E-state index contributed by atoms with van der Waals surface area (Å²) in [5.41, 5.74) is 0.601. The van der Waals surface area contributed by atoms with Gasteiger partial charge < -0.3 is 18.7 Å². The number of phosphoric acid groups is 1. The number of carbonyl (C=O) groups is 2. The number of aromatic amines is 1. The predicted molar refractivity (Wildman–Crippen MR) is 97.7 cm³/mol. The lowest BCUT2D eigenvalue weighted by molar-refractivity contribution is -0.139. The summed E-state index contributed by atoms with van der Waals surface area (Å²) in [4.78, 5) is 45.4. The zero-order chi connectivity index (χ0) is 20.5. The van der Waals surface area contributed by atoms with Crippen LogP contribution in [0.15, 0.2) is 47.1 Å². The van der Waals surface area contributed by atoms with Crippen LogP contribution in [0.4, 0.5) is 0 Å². The third-order valence-corrected chi connectivity index (χ3v) is 4.52. The number of furan rings is 1. The topological polar surface area (TPSA) is 139 Å². The third kappa shape index (κ3) is 4.51. The van der Waals surface area contributed by atoms with Crippen LogP contribution in [0.25, 0.3) is 11.1 Å². The van der Waals surface area contributed by atoms with Gasteiger partial charge in [0, 0.05) is 23.1 Å². The van der Waals surface area contributed by atoms with E-state index in [1.807, 2.05) is 0 Å². The maximum atomic E-state index is 12.3. The number of phosphoric ester groups is 1. The summed E-state index contributed by atoms with van der Waals surface area (Å²) < 4.78 is 25.9. The summed E-state index contributed by atoms with van der Waals surface area (Å²) >= 11 is 0. The van der Waals surface area contributed by atoms with Crippen molar-refractivity contribution in [1.82, 2.24) is 4.98 Å². The van der Waals surface area contributed by atoms with Crippen molar-refractivity contribution in [1.29, 1.82) is 0 Å².